The van der Waals surface area contributed by atoms with Crippen molar-refractivity contribution in [3.8, 4) is 0 Å². The minimum absolute atomic E-state index is 0.0226. The van der Waals surface area contributed by atoms with E-state index in [4.69, 9.17) is 9.47 Å². The van der Waals surface area contributed by atoms with E-state index in [9.17, 15) is 45.5 Å². The summed E-state index contributed by atoms with van der Waals surface area (Å²) in [6.07, 6.45) is -9.21. The molecule has 0 saturated carbocycles. The number of carbonyl (C=O) groups is 4. The van der Waals surface area contributed by atoms with E-state index in [0.29, 0.717) is 25.7 Å². The lowest BCUT2D eigenvalue weighted by Crippen LogP contribution is -2.47. The molecule has 2 heterocycles. The average molecular weight is 715 g/mol. The molecule has 0 bridgehead atoms. The van der Waals surface area contributed by atoms with E-state index in [-0.39, 0.29) is 47.0 Å². The molecule has 45 heavy (non-hydrogen) atoms. The fourth-order valence-corrected chi connectivity index (χ4v) is 4.36. The predicted octanol–water partition coefficient (Wildman–Crippen LogP) is 4.32. The fraction of sp³-hybridized carbons (Fsp3) is 0.429. The molecule has 0 aromatic heterocycles. The third kappa shape index (κ3) is 11.4. The molecule has 2 aromatic rings. The quantitative estimate of drug-likeness (QED) is 0.272. The Hall–Kier alpha value is -3.54. The number of methoxy groups -OCH3 is 2. The van der Waals surface area contributed by atoms with E-state index in [1.807, 2.05) is 0 Å². The van der Waals surface area contributed by atoms with Crippen LogP contribution in [0.15, 0.2) is 40.9 Å². The van der Waals surface area contributed by atoms with Gasteiger partial charge in [-0.2, -0.15) is 26.3 Å². The van der Waals surface area contributed by atoms with Gasteiger partial charge in [-0.25, -0.2) is 9.59 Å². The lowest BCUT2D eigenvalue weighted by Gasteiger charge is -2.34. The van der Waals surface area contributed by atoms with Crippen LogP contribution in [0.25, 0.3) is 0 Å². The normalized spacial score (nSPS) is 18.3. The number of rotatable bonds is 5. The number of esters is 2. The van der Waals surface area contributed by atoms with Crippen molar-refractivity contribution in [1.29, 1.82) is 0 Å². The van der Waals surface area contributed by atoms with Gasteiger partial charge < -0.3 is 29.2 Å². The minimum Gasteiger partial charge on any atom is -0.467 e. The van der Waals surface area contributed by atoms with Gasteiger partial charge in [-0.15, -0.1) is 0 Å². The number of anilines is 1. The Morgan fingerprint density at radius 2 is 1.40 bits per heavy atom. The molecular formula is C28H29BrF6N2O8. The zero-order valence-corrected chi connectivity index (χ0v) is 25.5. The van der Waals surface area contributed by atoms with Gasteiger partial charge in [0.05, 0.1) is 45.1 Å². The van der Waals surface area contributed by atoms with Crippen molar-refractivity contribution in [2.45, 2.75) is 24.6 Å². The standard InChI is InChI=1S/C14H14F3NO4.C8H4BrF3O.C6H11NO3/c1-21-13(20)12-7-18(4-5-22-12)11-6-10(14(15,16)17)3-2-9(11)8-19;9-7-3-6(8(10,11)12)2-1-5(7)4-13;1-9-6(8)5-4-7-2-3-10-5/h2-3,6,8,12H,4-5,7H2,1H3;1-4H;5,7H,2-4H2,1H3. The summed E-state index contributed by atoms with van der Waals surface area (Å²) in [4.78, 5) is 45.1. The van der Waals surface area contributed by atoms with Gasteiger partial charge in [0.25, 0.3) is 0 Å². The highest BCUT2D eigenvalue weighted by Crippen LogP contribution is 2.34. The third-order valence-corrected chi connectivity index (χ3v) is 6.89. The summed E-state index contributed by atoms with van der Waals surface area (Å²) >= 11 is 2.87. The lowest BCUT2D eigenvalue weighted by molar-refractivity contribution is -0.155. The smallest absolute Gasteiger partial charge is 0.416 e. The number of morpholine rings is 2. The Morgan fingerprint density at radius 3 is 1.89 bits per heavy atom. The Kier molecular flexibility index (Phi) is 14.4. The highest BCUT2D eigenvalue weighted by Gasteiger charge is 2.34. The van der Waals surface area contributed by atoms with Crippen molar-refractivity contribution < 1.29 is 64.5 Å². The van der Waals surface area contributed by atoms with E-state index in [1.54, 1.807) is 0 Å². The lowest BCUT2D eigenvalue weighted by atomic mass is 10.1. The van der Waals surface area contributed by atoms with Crippen LogP contribution in [0.4, 0.5) is 32.0 Å². The van der Waals surface area contributed by atoms with Crippen LogP contribution in [-0.2, 0) is 40.9 Å². The summed E-state index contributed by atoms with van der Waals surface area (Å²) < 4.78 is 94.3. The van der Waals surface area contributed by atoms with Gasteiger partial charge in [0.15, 0.2) is 24.8 Å². The molecule has 2 atom stereocenters. The van der Waals surface area contributed by atoms with Crippen molar-refractivity contribution in [3.05, 3.63) is 63.1 Å². The first kappa shape index (κ1) is 37.6. The van der Waals surface area contributed by atoms with Gasteiger partial charge in [0.2, 0.25) is 0 Å². The average Bonchev–Trinajstić information content (AvgIpc) is 3.03. The largest absolute Gasteiger partial charge is 0.467 e. The van der Waals surface area contributed by atoms with Crippen molar-refractivity contribution >= 4 is 46.1 Å². The van der Waals surface area contributed by atoms with Crippen LogP contribution in [0.2, 0.25) is 0 Å². The van der Waals surface area contributed by atoms with Crippen LogP contribution in [0.3, 0.4) is 0 Å². The molecule has 4 rings (SSSR count). The summed E-state index contributed by atoms with van der Waals surface area (Å²) in [5.41, 5.74) is -1.17. The third-order valence-electron chi connectivity index (χ3n) is 6.20. The van der Waals surface area contributed by atoms with Crippen molar-refractivity contribution in [3.63, 3.8) is 0 Å². The van der Waals surface area contributed by atoms with Gasteiger partial charge in [0, 0.05) is 40.9 Å². The summed E-state index contributed by atoms with van der Waals surface area (Å²) in [6.45, 7) is 2.40. The molecule has 2 aliphatic rings. The van der Waals surface area contributed by atoms with Crippen LogP contribution < -0.4 is 10.2 Å². The first-order chi connectivity index (χ1) is 21.2. The Morgan fingerprint density at radius 1 is 0.867 bits per heavy atom. The number of alkyl halides is 6. The number of aldehydes is 2. The van der Waals surface area contributed by atoms with Crippen LogP contribution in [-0.4, -0.2) is 90.3 Å². The van der Waals surface area contributed by atoms with Crippen LogP contribution in [0.1, 0.15) is 31.8 Å². The maximum Gasteiger partial charge on any atom is 0.416 e. The monoisotopic (exact) mass is 714 g/mol. The zero-order chi connectivity index (χ0) is 33.8. The molecule has 0 aliphatic carbocycles. The summed E-state index contributed by atoms with van der Waals surface area (Å²) in [5, 5.41) is 3.02. The Balaban J connectivity index is 0.000000259. The molecule has 1 N–H and O–H groups in total. The Labute approximate surface area is 262 Å². The van der Waals surface area contributed by atoms with Gasteiger partial charge in [-0.3, -0.25) is 9.59 Å². The molecule has 2 saturated heterocycles. The highest BCUT2D eigenvalue weighted by molar-refractivity contribution is 9.10. The van der Waals surface area contributed by atoms with E-state index in [0.717, 1.165) is 42.9 Å². The number of ether oxygens (including phenoxy) is 4. The maximum atomic E-state index is 12.8. The van der Waals surface area contributed by atoms with Crippen LogP contribution in [0.5, 0.6) is 0 Å². The second-order valence-corrected chi connectivity index (χ2v) is 10.0. The number of halogens is 7. The molecule has 248 valence electrons. The first-order valence-corrected chi connectivity index (χ1v) is 13.8. The van der Waals surface area contributed by atoms with Crippen LogP contribution in [0, 0.1) is 0 Å². The molecule has 2 unspecified atom stereocenters. The van der Waals surface area contributed by atoms with Crippen molar-refractivity contribution in [2.75, 3.05) is 58.5 Å². The van der Waals surface area contributed by atoms with Gasteiger partial charge in [0.1, 0.15) is 0 Å². The predicted molar refractivity (Wildman–Crippen MR) is 150 cm³/mol. The molecule has 0 amide bonds. The molecule has 0 radical (unpaired) electrons. The molecule has 2 aromatic carbocycles. The van der Waals surface area contributed by atoms with E-state index in [2.05, 4.69) is 30.7 Å². The molecule has 10 nitrogen and oxygen atoms in total. The second kappa shape index (κ2) is 17.2. The summed E-state index contributed by atoms with van der Waals surface area (Å²) in [7, 11) is 2.56. The van der Waals surface area contributed by atoms with Gasteiger partial charge in [-0.1, -0.05) is 15.9 Å². The molecule has 2 aliphatic heterocycles. The summed E-state index contributed by atoms with van der Waals surface area (Å²) in [5.74, 6) is -0.906. The fourth-order valence-electron chi connectivity index (χ4n) is 3.88. The molecule has 2 fully saturated rings. The van der Waals surface area contributed by atoms with Crippen molar-refractivity contribution in [2.24, 2.45) is 0 Å². The van der Waals surface area contributed by atoms with E-state index in [1.165, 1.54) is 19.1 Å². The number of nitrogens with one attached hydrogen (secondary N) is 1. The number of benzene rings is 2. The molecule has 17 heteroatoms. The molecular weight excluding hydrogens is 686 g/mol. The topological polar surface area (TPSA) is 120 Å². The summed E-state index contributed by atoms with van der Waals surface area (Å²) in [6, 6.07) is 5.75. The second-order valence-electron chi connectivity index (χ2n) is 9.16. The number of hydrogen-bond donors (Lipinski definition) is 1. The van der Waals surface area contributed by atoms with Gasteiger partial charge in [-0.05, 0) is 36.4 Å². The zero-order valence-electron chi connectivity index (χ0n) is 23.9. The number of nitrogens with zero attached hydrogens (tertiary/aromatic N) is 1. The Bertz CT molecular complexity index is 1320. The van der Waals surface area contributed by atoms with Crippen LogP contribution >= 0.6 is 15.9 Å². The van der Waals surface area contributed by atoms with E-state index < -0.39 is 41.7 Å². The SMILES string of the molecule is COC(=O)C1CN(c2cc(C(F)(F)F)ccc2C=O)CCO1.COC(=O)C1CNCCO1.O=Cc1ccc(C(F)(F)F)cc1Br. The highest BCUT2D eigenvalue weighted by atomic mass is 79.9. The molecule has 0 spiro atoms. The van der Waals surface area contributed by atoms with Crippen molar-refractivity contribution in [1.82, 2.24) is 5.32 Å². The van der Waals surface area contributed by atoms with E-state index >= 15 is 0 Å². The first-order valence-electron chi connectivity index (χ1n) is 13.0. The minimum atomic E-state index is -4.51. The maximum absolute atomic E-state index is 12.8. The number of carbonyl (C=O) groups excluding carboxylic acids is 4. The van der Waals surface area contributed by atoms with Gasteiger partial charge >= 0.3 is 24.3 Å². The number of hydrogen-bond acceptors (Lipinski definition) is 10.